The van der Waals surface area contributed by atoms with Crippen molar-refractivity contribution in [1.82, 2.24) is 15.2 Å². The van der Waals surface area contributed by atoms with Gasteiger partial charge in [0.25, 0.3) is 5.56 Å². The van der Waals surface area contributed by atoms with Gasteiger partial charge in [-0.2, -0.15) is 0 Å². The molecule has 0 radical (unpaired) electrons. The van der Waals surface area contributed by atoms with Crippen molar-refractivity contribution in [3.63, 3.8) is 0 Å². The first kappa shape index (κ1) is 16.1. The molecule has 2 aromatic heterocycles. The van der Waals surface area contributed by atoms with Crippen molar-refractivity contribution in [1.29, 1.82) is 0 Å². The summed E-state index contributed by atoms with van der Waals surface area (Å²) in [5.74, 6) is 0.498. The number of aromatic amines is 2. The predicted octanol–water partition coefficient (Wildman–Crippen LogP) is 4.41. The van der Waals surface area contributed by atoms with Crippen molar-refractivity contribution in [2.45, 2.75) is 19.8 Å². The van der Waals surface area contributed by atoms with Gasteiger partial charge in [0.1, 0.15) is 5.75 Å². The minimum Gasteiger partial charge on any atom is -0.507 e. The molecule has 2 aromatic carbocycles. The van der Waals surface area contributed by atoms with Crippen molar-refractivity contribution in [3.05, 3.63) is 70.5 Å². The van der Waals surface area contributed by atoms with E-state index in [1.807, 2.05) is 48.5 Å². The average Bonchev–Trinajstić information content (AvgIpc) is 3.01. The van der Waals surface area contributed by atoms with Crippen LogP contribution in [0, 0.1) is 0 Å². The molecule has 4 rings (SSSR count). The molecule has 130 valence electrons. The molecular formula is C21H19N3O2. The number of benzene rings is 2. The number of hydrogen-bond acceptors (Lipinski definition) is 3. The third kappa shape index (κ3) is 2.67. The summed E-state index contributed by atoms with van der Waals surface area (Å²) in [4.78, 5) is 16.7. The molecule has 0 bridgehead atoms. The van der Waals surface area contributed by atoms with E-state index in [2.05, 4.69) is 29.0 Å². The summed E-state index contributed by atoms with van der Waals surface area (Å²) in [6, 6.07) is 17.2. The number of aromatic nitrogens is 3. The summed E-state index contributed by atoms with van der Waals surface area (Å²) in [6.07, 6.45) is 0. The first-order valence-electron chi connectivity index (χ1n) is 8.54. The van der Waals surface area contributed by atoms with Gasteiger partial charge in [-0.1, -0.05) is 50.2 Å². The molecule has 0 amide bonds. The average molecular weight is 345 g/mol. The van der Waals surface area contributed by atoms with Crippen LogP contribution in [0.5, 0.6) is 5.75 Å². The number of aromatic hydroxyl groups is 1. The van der Waals surface area contributed by atoms with Crippen LogP contribution in [0.1, 0.15) is 25.3 Å². The zero-order valence-electron chi connectivity index (χ0n) is 14.6. The van der Waals surface area contributed by atoms with Crippen LogP contribution < -0.4 is 5.56 Å². The molecule has 0 saturated carbocycles. The first-order chi connectivity index (χ1) is 12.5. The minimum absolute atomic E-state index is 0.179. The fourth-order valence-electron chi connectivity index (χ4n) is 3.12. The Bertz CT molecular complexity index is 1140. The molecule has 5 nitrogen and oxygen atoms in total. The van der Waals surface area contributed by atoms with Crippen LogP contribution >= 0.6 is 0 Å². The number of phenols is 1. The van der Waals surface area contributed by atoms with Crippen molar-refractivity contribution in [2.75, 3.05) is 0 Å². The molecular weight excluding hydrogens is 326 g/mol. The molecule has 2 heterocycles. The third-order valence-electron chi connectivity index (χ3n) is 4.59. The predicted molar refractivity (Wildman–Crippen MR) is 103 cm³/mol. The fraction of sp³-hybridized carbons (Fsp3) is 0.143. The van der Waals surface area contributed by atoms with Crippen LogP contribution in [-0.2, 0) is 0 Å². The smallest absolute Gasteiger partial charge is 0.273 e. The Morgan fingerprint density at radius 2 is 1.73 bits per heavy atom. The Labute approximate surface area is 150 Å². The lowest BCUT2D eigenvalue weighted by atomic mass is 9.95. The molecule has 0 spiro atoms. The van der Waals surface area contributed by atoms with Crippen molar-refractivity contribution in [2.24, 2.45) is 0 Å². The Morgan fingerprint density at radius 1 is 0.962 bits per heavy atom. The van der Waals surface area contributed by atoms with E-state index >= 15 is 0 Å². The van der Waals surface area contributed by atoms with Crippen LogP contribution in [0.15, 0.2) is 59.4 Å². The summed E-state index contributed by atoms with van der Waals surface area (Å²) in [6.45, 7) is 4.16. The SMILES string of the molecule is CC(C)c1ccc(-c2nc3[nH][nH]c(=O)c3cc2-c2ccccc2)c(O)c1. The summed E-state index contributed by atoms with van der Waals surface area (Å²) < 4.78 is 0. The molecule has 0 atom stereocenters. The largest absolute Gasteiger partial charge is 0.507 e. The third-order valence-corrected chi connectivity index (χ3v) is 4.59. The number of pyridine rings is 1. The van der Waals surface area contributed by atoms with Gasteiger partial charge in [0, 0.05) is 11.1 Å². The standard InChI is InChI=1S/C21H19N3O2/c1-12(2)14-8-9-15(18(25)10-14)19-16(13-6-4-3-5-7-13)11-17-20(22-19)23-24-21(17)26/h3-12,25H,1-2H3,(H2,22,23,24,26). The van der Waals surface area contributed by atoms with E-state index in [4.69, 9.17) is 0 Å². The molecule has 0 aliphatic carbocycles. The lowest BCUT2D eigenvalue weighted by Crippen LogP contribution is -1.99. The maximum atomic E-state index is 12.0. The quantitative estimate of drug-likeness (QED) is 0.514. The minimum atomic E-state index is -0.212. The monoisotopic (exact) mass is 345 g/mol. The Balaban J connectivity index is 2.01. The van der Waals surface area contributed by atoms with Crippen molar-refractivity contribution in [3.8, 4) is 28.1 Å². The highest BCUT2D eigenvalue weighted by molar-refractivity contribution is 5.91. The highest BCUT2D eigenvalue weighted by Gasteiger charge is 2.17. The summed E-state index contributed by atoms with van der Waals surface area (Å²) in [5, 5.41) is 16.5. The second-order valence-corrected chi connectivity index (χ2v) is 6.66. The van der Waals surface area contributed by atoms with Gasteiger partial charge < -0.3 is 5.11 Å². The molecule has 0 aliphatic rings. The zero-order chi connectivity index (χ0) is 18.3. The van der Waals surface area contributed by atoms with E-state index in [0.29, 0.717) is 28.2 Å². The van der Waals surface area contributed by atoms with E-state index in [0.717, 1.165) is 16.7 Å². The van der Waals surface area contributed by atoms with E-state index < -0.39 is 0 Å². The van der Waals surface area contributed by atoms with Crippen molar-refractivity contribution < 1.29 is 5.11 Å². The summed E-state index contributed by atoms with van der Waals surface area (Å²) >= 11 is 0. The van der Waals surface area contributed by atoms with E-state index in [9.17, 15) is 9.90 Å². The first-order valence-corrected chi connectivity index (χ1v) is 8.54. The Morgan fingerprint density at radius 3 is 2.42 bits per heavy atom. The highest BCUT2D eigenvalue weighted by atomic mass is 16.3. The molecule has 4 aromatic rings. The van der Waals surface area contributed by atoms with Crippen LogP contribution in [0.2, 0.25) is 0 Å². The number of fused-ring (bicyclic) bond motifs is 1. The van der Waals surface area contributed by atoms with Crippen molar-refractivity contribution >= 4 is 11.0 Å². The molecule has 26 heavy (non-hydrogen) atoms. The van der Waals surface area contributed by atoms with Gasteiger partial charge in [-0.25, -0.2) is 4.98 Å². The van der Waals surface area contributed by atoms with E-state index in [1.54, 1.807) is 6.07 Å². The molecule has 5 heteroatoms. The van der Waals surface area contributed by atoms with E-state index in [-0.39, 0.29) is 11.3 Å². The topological polar surface area (TPSA) is 81.8 Å². The normalized spacial score (nSPS) is 11.3. The summed E-state index contributed by atoms with van der Waals surface area (Å²) in [7, 11) is 0. The Hall–Kier alpha value is -3.34. The highest BCUT2D eigenvalue weighted by Crippen LogP contribution is 2.37. The lowest BCUT2D eigenvalue weighted by Gasteiger charge is -2.13. The van der Waals surface area contributed by atoms with Crippen LogP contribution in [0.4, 0.5) is 0 Å². The summed E-state index contributed by atoms with van der Waals surface area (Å²) in [5.41, 5.74) is 4.32. The number of rotatable bonds is 3. The fourth-order valence-corrected chi connectivity index (χ4v) is 3.12. The maximum Gasteiger partial charge on any atom is 0.273 e. The second-order valence-electron chi connectivity index (χ2n) is 6.66. The zero-order valence-corrected chi connectivity index (χ0v) is 14.6. The van der Waals surface area contributed by atoms with E-state index in [1.165, 1.54) is 0 Å². The van der Waals surface area contributed by atoms with Crippen LogP contribution in [0.25, 0.3) is 33.4 Å². The van der Waals surface area contributed by atoms with Crippen LogP contribution in [0.3, 0.4) is 0 Å². The number of H-pyrrole nitrogens is 2. The second kappa shape index (κ2) is 6.19. The van der Waals surface area contributed by atoms with Gasteiger partial charge in [-0.05, 0) is 35.2 Å². The van der Waals surface area contributed by atoms with Gasteiger partial charge in [-0.15, -0.1) is 0 Å². The Kier molecular flexibility index (Phi) is 3.84. The molecule has 0 unspecified atom stereocenters. The number of nitrogens with zero attached hydrogens (tertiary/aromatic N) is 1. The van der Waals surface area contributed by atoms with Gasteiger partial charge in [0.15, 0.2) is 5.65 Å². The number of hydrogen-bond donors (Lipinski definition) is 3. The molecule has 3 N–H and O–H groups in total. The number of phenolic OH excluding ortho intramolecular Hbond substituents is 1. The molecule has 0 fully saturated rings. The van der Waals surface area contributed by atoms with Gasteiger partial charge in [0.05, 0.1) is 11.1 Å². The van der Waals surface area contributed by atoms with Gasteiger partial charge in [-0.3, -0.25) is 15.0 Å². The maximum absolute atomic E-state index is 12.0. The lowest BCUT2D eigenvalue weighted by molar-refractivity contribution is 0.476. The number of nitrogens with one attached hydrogen (secondary N) is 2. The van der Waals surface area contributed by atoms with Crippen LogP contribution in [-0.4, -0.2) is 20.3 Å². The molecule has 0 aliphatic heterocycles. The van der Waals surface area contributed by atoms with Gasteiger partial charge in [0.2, 0.25) is 0 Å². The molecule has 0 saturated heterocycles. The van der Waals surface area contributed by atoms with Gasteiger partial charge >= 0.3 is 0 Å².